The molecule has 0 aromatic carbocycles. The van der Waals surface area contributed by atoms with Crippen LogP contribution in [0.1, 0.15) is 4.88 Å². The lowest BCUT2D eigenvalue weighted by Crippen LogP contribution is -2.37. The van der Waals surface area contributed by atoms with Crippen LogP contribution in [-0.4, -0.2) is 38.9 Å². The second-order valence-corrected chi connectivity index (χ2v) is 9.06. The van der Waals surface area contributed by atoms with Crippen molar-refractivity contribution in [1.29, 1.82) is 0 Å². The molecular weight excluding hydrogens is 342 g/mol. The van der Waals surface area contributed by atoms with Crippen LogP contribution in [0.15, 0.2) is 33.9 Å². The number of carbonyl (C=O) groups is 1. The second kappa shape index (κ2) is 7.23. The maximum absolute atomic E-state index is 12.2. The van der Waals surface area contributed by atoms with Crippen molar-refractivity contribution in [3.8, 4) is 0 Å². The van der Waals surface area contributed by atoms with E-state index >= 15 is 0 Å². The number of nitrogens with one attached hydrogen (secondary N) is 2. The van der Waals surface area contributed by atoms with Gasteiger partial charge < -0.3 is 5.32 Å². The highest BCUT2D eigenvalue weighted by atomic mass is 32.2. The number of urea groups is 1. The van der Waals surface area contributed by atoms with Crippen molar-refractivity contribution < 1.29 is 13.2 Å². The molecule has 0 aliphatic heterocycles. The van der Waals surface area contributed by atoms with Gasteiger partial charge in [0.25, 0.3) is 10.0 Å². The number of carbonyl (C=O) groups excluding carboxylic acids is 1. The topological polar surface area (TPSA) is 78.5 Å². The van der Waals surface area contributed by atoms with Crippen LogP contribution in [0.2, 0.25) is 0 Å². The number of thiophene rings is 2. The molecule has 2 amide bonds. The number of nitrogens with zero attached hydrogens (tertiary/aromatic N) is 1. The molecule has 6 nitrogen and oxygen atoms in total. The fourth-order valence-electron chi connectivity index (χ4n) is 1.67. The van der Waals surface area contributed by atoms with E-state index < -0.39 is 10.0 Å². The molecule has 2 aromatic heterocycles. The zero-order chi connectivity index (χ0) is 16.2. The van der Waals surface area contributed by atoms with Crippen LogP contribution >= 0.6 is 22.7 Å². The number of rotatable bonds is 6. The van der Waals surface area contributed by atoms with Crippen molar-refractivity contribution >= 4 is 43.7 Å². The quantitative estimate of drug-likeness (QED) is 0.832. The zero-order valence-electron chi connectivity index (χ0n) is 12.2. The smallest absolute Gasteiger partial charge is 0.319 e. The summed E-state index contributed by atoms with van der Waals surface area (Å²) in [5, 5.41) is 7.82. The summed E-state index contributed by atoms with van der Waals surface area (Å²) in [6, 6.07) is 6.66. The number of aryl methyl sites for hydroxylation is 1. The maximum Gasteiger partial charge on any atom is 0.319 e. The molecule has 0 aliphatic carbocycles. The van der Waals surface area contributed by atoms with Crippen molar-refractivity contribution in [3.05, 3.63) is 34.5 Å². The molecule has 0 spiro atoms. The van der Waals surface area contributed by atoms with Crippen LogP contribution < -0.4 is 10.6 Å². The summed E-state index contributed by atoms with van der Waals surface area (Å²) in [5.74, 6) is 0. The summed E-state index contributed by atoms with van der Waals surface area (Å²) >= 11 is 2.66. The summed E-state index contributed by atoms with van der Waals surface area (Å²) in [4.78, 5) is 12.8. The lowest BCUT2D eigenvalue weighted by atomic mass is 10.5. The maximum atomic E-state index is 12.2. The molecule has 0 unspecified atom stereocenters. The molecule has 2 aromatic rings. The van der Waals surface area contributed by atoms with E-state index in [4.69, 9.17) is 0 Å². The Morgan fingerprint density at radius 3 is 2.68 bits per heavy atom. The predicted molar refractivity (Wildman–Crippen MR) is 90.2 cm³/mol. The van der Waals surface area contributed by atoms with E-state index in [0.29, 0.717) is 4.21 Å². The number of likely N-dealkylation sites (N-methyl/N-ethyl adjacent to an activating group) is 1. The lowest BCUT2D eigenvalue weighted by molar-refractivity contribution is 0.251. The molecule has 0 bridgehead atoms. The molecule has 120 valence electrons. The highest BCUT2D eigenvalue weighted by Gasteiger charge is 2.21. The number of anilines is 1. The summed E-state index contributed by atoms with van der Waals surface area (Å²) < 4.78 is 25.9. The monoisotopic (exact) mass is 359 g/mol. The highest BCUT2D eigenvalue weighted by Crippen LogP contribution is 2.20. The van der Waals surface area contributed by atoms with Gasteiger partial charge in [-0.15, -0.1) is 22.7 Å². The summed E-state index contributed by atoms with van der Waals surface area (Å²) in [6.07, 6.45) is 0. The minimum Gasteiger partial charge on any atom is -0.337 e. The molecule has 0 saturated carbocycles. The van der Waals surface area contributed by atoms with E-state index in [1.165, 1.54) is 34.0 Å². The average molecular weight is 359 g/mol. The largest absolute Gasteiger partial charge is 0.337 e. The number of hydrogen-bond donors (Lipinski definition) is 2. The van der Waals surface area contributed by atoms with Crippen molar-refractivity contribution in [2.45, 2.75) is 11.1 Å². The lowest BCUT2D eigenvalue weighted by Gasteiger charge is -2.16. The molecule has 0 fully saturated rings. The fraction of sp³-hybridized carbons (Fsp3) is 0.308. The van der Waals surface area contributed by atoms with Crippen LogP contribution in [0.3, 0.4) is 0 Å². The highest BCUT2D eigenvalue weighted by molar-refractivity contribution is 7.91. The van der Waals surface area contributed by atoms with Gasteiger partial charge in [-0.2, -0.15) is 4.31 Å². The molecular formula is C13H17N3O3S3. The van der Waals surface area contributed by atoms with E-state index in [0.717, 1.165) is 9.88 Å². The SMILES string of the molecule is Cc1ccc(NC(=O)NCCN(C)S(=O)(=O)c2cccs2)s1. The first-order valence-electron chi connectivity index (χ1n) is 6.51. The van der Waals surface area contributed by atoms with Gasteiger partial charge in [0, 0.05) is 25.0 Å². The first-order valence-corrected chi connectivity index (χ1v) is 9.64. The van der Waals surface area contributed by atoms with Crippen LogP contribution in [0.5, 0.6) is 0 Å². The van der Waals surface area contributed by atoms with Crippen molar-refractivity contribution in [3.63, 3.8) is 0 Å². The molecule has 2 heterocycles. The summed E-state index contributed by atoms with van der Waals surface area (Å²) in [7, 11) is -1.97. The molecule has 2 rings (SSSR count). The third-order valence-electron chi connectivity index (χ3n) is 2.85. The second-order valence-electron chi connectivity index (χ2n) is 4.55. The normalized spacial score (nSPS) is 11.6. The fourth-order valence-corrected chi connectivity index (χ4v) is 4.80. The number of sulfonamides is 1. The Bertz CT molecular complexity index is 723. The third kappa shape index (κ3) is 4.29. The van der Waals surface area contributed by atoms with E-state index in [1.807, 2.05) is 19.1 Å². The van der Waals surface area contributed by atoms with Crippen LogP contribution in [0, 0.1) is 6.92 Å². The standard InChI is InChI=1S/C13H17N3O3S3/c1-10-5-6-11(21-10)15-13(17)14-7-8-16(2)22(18,19)12-4-3-9-20-12/h3-6,9H,7-8H2,1-2H3,(H2,14,15,17). The molecule has 0 radical (unpaired) electrons. The minimum atomic E-state index is -3.47. The third-order valence-corrected chi connectivity index (χ3v) is 6.99. The van der Waals surface area contributed by atoms with Crippen molar-refractivity contribution in [2.24, 2.45) is 0 Å². The van der Waals surface area contributed by atoms with Gasteiger partial charge in [-0.3, -0.25) is 5.32 Å². The Morgan fingerprint density at radius 2 is 2.09 bits per heavy atom. The van der Waals surface area contributed by atoms with Gasteiger partial charge in [0.2, 0.25) is 0 Å². The first kappa shape index (κ1) is 16.9. The minimum absolute atomic E-state index is 0.205. The molecule has 0 saturated heterocycles. The number of hydrogen-bond acceptors (Lipinski definition) is 5. The molecule has 9 heteroatoms. The molecule has 2 N–H and O–H groups in total. The Balaban J connectivity index is 1.79. The van der Waals surface area contributed by atoms with Gasteiger partial charge in [0.15, 0.2) is 0 Å². The van der Waals surface area contributed by atoms with Crippen LogP contribution in [0.4, 0.5) is 9.80 Å². The van der Waals surface area contributed by atoms with E-state index in [9.17, 15) is 13.2 Å². The molecule has 22 heavy (non-hydrogen) atoms. The van der Waals surface area contributed by atoms with Crippen LogP contribution in [-0.2, 0) is 10.0 Å². The molecule has 0 atom stereocenters. The van der Waals surface area contributed by atoms with E-state index in [2.05, 4.69) is 10.6 Å². The Morgan fingerprint density at radius 1 is 1.32 bits per heavy atom. The zero-order valence-corrected chi connectivity index (χ0v) is 14.6. The summed E-state index contributed by atoms with van der Waals surface area (Å²) in [5.41, 5.74) is 0. The van der Waals surface area contributed by atoms with Gasteiger partial charge in [-0.25, -0.2) is 13.2 Å². The van der Waals surface area contributed by atoms with Crippen molar-refractivity contribution in [1.82, 2.24) is 9.62 Å². The van der Waals surface area contributed by atoms with E-state index in [1.54, 1.807) is 17.5 Å². The summed E-state index contributed by atoms with van der Waals surface area (Å²) in [6.45, 7) is 2.40. The van der Waals surface area contributed by atoms with Gasteiger partial charge in [-0.05, 0) is 30.5 Å². The first-order chi connectivity index (χ1) is 10.4. The Kier molecular flexibility index (Phi) is 5.57. The van der Waals surface area contributed by atoms with Gasteiger partial charge in [-0.1, -0.05) is 6.07 Å². The average Bonchev–Trinajstić information content (AvgIpc) is 3.10. The van der Waals surface area contributed by atoms with Gasteiger partial charge in [0.1, 0.15) is 4.21 Å². The van der Waals surface area contributed by atoms with Gasteiger partial charge >= 0.3 is 6.03 Å². The Hall–Kier alpha value is -1.42. The molecule has 0 aliphatic rings. The Labute approximate surface area is 137 Å². The predicted octanol–water partition coefficient (Wildman–Crippen LogP) is 2.56. The van der Waals surface area contributed by atoms with E-state index in [-0.39, 0.29) is 19.1 Å². The van der Waals surface area contributed by atoms with Crippen LogP contribution in [0.25, 0.3) is 0 Å². The number of amides is 2. The van der Waals surface area contributed by atoms with Crippen molar-refractivity contribution in [2.75, 3.05) is 25.5 Å². The van der Waals surface area contributed by atoms with Gasteiger partial charge in [0.05, 0.1) is 5.00 Å².